The van der Waals surface area contributed by atoms with Crippen LogP contribution in [0.1, 0.15) is 31.2 Å². The molecule has 1 rings (SSSR count). The molecule has 1 aromatic carbocycles. The predicted molar refractivity (Wildman–Crippen MR) is 85.3 cm³/mol. The lowest BCUT2D eigenvalue weighted by Gasteiger charge is -2.14. The molecule has 0 aromatic heterocycles. The first-order valence-corrected chi connectivity index (χ1v) is 7.58. The molecule has 0 saturated heterocycles. The van der Waals surface area contributed by atoms with Crippen LogP contribution in [0, 0.1) is 5.82 Å². The van der Waals surface area contributed by atoms with Crippen LogP contribution in [0.15, 0.2) is 18.2 Å². The average molecular weight is 325 g/mol. The average Bonchev–Trinajstić information content (AvgIpc) is 2.53. The monoisotopic (exact) mass is 325 g/mol. The molecule has 23 heavy (non-hydrogen) atoms. The van der Waals surface area contributed by atoms with Crippen LogP contribution in [-0.2, 0) is 16.0 Å². The molecular formula is C16H24FN3O3. The normalized spacial score (nSPS) is 11.8. The van der Waals surface area contributed by atoms with E-state index in [9.17, 15) is 14.0 Å². The Balaban J connectivity index is 2.51. The summed E-state index contributed by atoms with van der Waals surface area (Å²) >= 11 is 0. The van der Waals surface area contributed by atoms with Crippen molar-refractivity contribution in [2.45, 2.75) is 38.1 Å². The fourth-order valence-corrected chi connectivity index (χ4v) is 2.03. The molecule has 0 unspecified atom stereocenters. The molecule has 0 bridgehead atoms. The highest BCUT2D eigenvalue weighted by Crippen LogP contribution is 2.22. The molecule has 0 spiro atoms. The van der Waals surface area contributed by atoms with Crippen molar-refractivity contribution in [2.75, 3.05) is 13.7 Å². The van der Waals surface area contributed by atoms with Crippen LogP contribution < -0.4 is 21.5 Å². The van der Waals surface area contributed by atoms with Crippen molar-refractivity contribution in [1.29, 1.82) is 0 Å². The number of carbonyl (C=O) groups excluding carboxylic acids is 2. The maximum absolute atomic E-state index is 14.3. The molecule has 128 valence electrons. The van der Waals surface area contributed by atoms with E-state index in [4.69, 9.17) is 16.2 Å². The van der Waals surface area contributed by atoms with Gasteiger partial charge in [0.15, 0.2) is 11.6 Å². The summed E-state index contributed by atoms with van der Waals surface area (Å²) in [4.78, 5) is 21.8. The molecule has 6 nitrogen and oxygen atoms in total. The van der Waals surface area contributed by atoms with Gasteiger partial charge in [0.05, 0.1) is 0 Å². The summed E-state index contributed by atoms with van der Waals surface area (Å²) < 4.78 is 19.7. The SMILES string of the molecule is CNC(=O)CCCc1cccc(OC[C@@H](N)CCC(N)=O)c1F. The molecular weight excluding hydrogens is 301 g/mol. The Morgan fingerprint density at radius 2 is 2.09 bits per heavy atom. The first-order chi connectivity index (χ1) is 10.9. The van der Waals surface area contributed by atoms with Crippen LogP contribution in [0.5, 0.6) is 5.75 Å². The molecule has 2 amide bonds. The van der Waals surface area contributed by atoms with Crippen molar-refractivity contribution in [3.63, 3.8) is 0 Å². The highest BCUT2D eigenvalue weighted by atomic mass is 19.1. The van der Waals surface area contributed by atoms with Crippen molar-refractivity contribution >= 4 is 11.8 Å². The van der Waals surface area contributed by atoms with E-state index in [0.717, 1.165) is 0 Å². The van der Waals surface area contributed by atoms with E-state index >= 15 is 0 Å². The number of amides is 2. The second-order valence-electron chi connectivity index (χ2n) is 5.33. The van der Waals surface area contributed by atoms with Crippen molar-refractivity contribution < 1.29 is 18.7 Å². The number of benzene rings is 1. The molecule has 1 atom stereocenters. The molecule has 0 radical (unpaired) electrons. The van der Waals surface area contributed by atoms with Crippen molar-refractivity contribution in [2.24, 2.45) is 11.5 Å². The molecule has 1 aromatic rings. The van der Waals surface area contributed by atoms with E-state index in [1.165, 1.54) is 6.07 Å². The number of rotatable bonds is 10. The third-order valence-electron chi connectivity index (χ3n) is 3.39. The summed E-state index contributed by atoms with van der Waals surface area (Å²) in [6, 6.07) is 4.50. The van der Waals surface area contributed by atoms with Crippen LogP contribution in [0.25, 0.3) is 0 Å². The summed E-state index contributed by atoms with van der Waals surface area (Å²) in [7, 11) is 1.57. The molecule has 0 saturated carbocycles. The zero-order valence-electron chi connectivity index (χ0n) is 13.3. The van der Waals surface area contributed by atoms with E-state index in [2.05, 4.69) is 5.32 Å². The van der Waals surface area contributed by atoms with E-state index in [1.807, 2.05) is 0 Å². The number of halogens is 1. The number of nitrogens with two attached hydrogens (primary N) is 2. The zero-order chi connectivity index (χ0) is 17.2. The minimum absolute atomic E-state index is 0.0711. The number of aryl methyl sites for hydroxylation is 1. The fraction of sp³-hybridized carbons (Fsp3) is 0.500. The summed E-state index contributed by atoms with van der Waals surface area (Å²) in [5.41, 5.74) is 11.3. The van der Waals surface area contributed by atoms with E-state index in [1.54, 1.807) is 19.2 Å². The third-order valence-corrected chi connectivity index (χ3v) is 3.39. The fourth-order valence-electron chi connectivity index (χ4n) is 2.03. The highest BCUT2D eigenvalue weighted by Gasteiger charge is 2.12. The van der Waals surface area contributed by atoms with Gasteiger partial charge in [-0.25, -0.2) is 4.39 Å². The highest BCUT2D eigenvalue weighted by molar-refractivity contribution is 5.75. The molecule has 0 aliphatic heterocycles. The van der Waals surface area contributed by atoms with Gasteiger partial charge in [0.25, 0.3) is 0 Å². The number of primary amides is 1. The van der Waals surface area contributed by atoms with Crippen LogP contribution >= 0.6 is 0 Å². The van der Waals surface area contributed by atoms with Gasteiger partial charge in [-0.2, -0.15) is 0 Å². The second-order valence-corrected chi connectivity index (χ2v) is 5.33. The quantitative estimate of drug-likeness (QED) is 0.593. The Labute approximate surface area is 135 Å². The third kappa shape index (κ3) is 7.10. The summed E-state index contributed by atoms with van der Waals surface area (Å²) in [6.45, 7) is 0.103. The zero-order valence-corrected chi connectivity index (χ0v) is 13.3. The maximum Gasteiger partial charge on any atom is 0.219 e. The lowest BCUT2D eigenvalue weighted by atomic mass is 10.1. The Kier molecular flexibility index (Phi) is 8.04. The van der Waals surface area contributed by atoms with Gasteiger partial charge in [-0.15, -0.1) is 0 Å². The Bertz CT molecular complexity index is 537. The first kappa shape index (κ1) is 18.9. The van der Waals surface area contributed by atoms with Gasteiger partial charge in [-0.3, -0.25) is 9.59 Å². The van der Waals surface area contributed by atoms with Crippen LogP contribution in [0.2, 0.25) is 0 Å². The molecule has 0 aliphatic carbocycles. The van der Waals surface area contributed by atoms with Gasteiger partial charge in [0.1, 0.15) is 6.61 Å². The van der Waals surface area contributed by atoms with Gasteiger partial charge < -0.3 is 21.5 Å². The van der Waals surface area contributed by atoms with Gasteiger partial charge in [0.2, 0.25) is 11.8 Å². The minimum Gasteiger partial charge on any atom is -0.489 e. The van der Waals surface area contributed by atoms with Crippen molar-refractivity contribution in [3.8, 4) is 5.75 Å². The summed E-state index contributed by atoms with van der Waals surface area (Å²) in [5, 5.41) is 2.53. The number of carbonyl (C=O) groups is 2. The first-order valence-electron chi connectivity index (χ1n) is 7.58. The lowest BCUT2D eigenvalue weighted by molar-refractivity contribution is -0.120. The standard InChI is InChI=1S/C16H24FN3O3/c1-20-15(22)7-3-5-11-4-2-6-13(16(11)17)23-10-12(18)8-9-14(19)21/h2,4,6,12H,3,5,7-10,18H2,1H3,(H2,19,21)(H,20,22)/t12-/m0/s1. The number of hydrogen-bond donors (Lipinski definition) is 3. The smallest absolute Gasteiger partial charge is 0.219 e. The molecule has 0 fully saturated rings. The van der Waals surface area contributed by atoms with Gasteiger partial charge in [-0.1, -0.05) is 12.1 Å². The van der Waals surface area contributed by atoms with Crippen molar-refractivity contribution in [1.82, 2.24) is 5.32 Å². The molecule has 0 heterocycles. The number of nitrogens with one attached hydrogen (secondary N) is 1. The lowest BCUT2D eigenvalue weighted by Crippen LogP contribution is -2.29. The molecule has 0 aliphatic rings. The topological polar surface area (TPSA) is 107 Å². The predicted octanol–water partition coefficient (Wildman–Crippen LogP) is 0.866. The van der Waals surface area contributed by atoms with Gasteiger partial charge in [-0.05, 0) is 30.9 Å². The van der Waals surface area contributed by atoms with Gasteiger partial charge in [0, 0.05) is 25.9 Å². The van der Waals surface area contributed by atoms with Crippen molar-refractivity contribution in [3.05, 3.63) is 29.6 Å². The van der Waals surface area contributed by atoms with Crippen LogP contribution in [0.4, 0.5) is 4.39 Å². The minimum atomic E-state index is -0.438. The molecule has 5 N–H and O–H groups in total. The van der Waals surface area contributed by atoms with E-state index in [0.29, 0.717) is 31.2 Å². The Hall–Kier alpha value is -2.15. The second kappa shape index (κ2) is 9.78. The maximum atomic E-state index is 14.3. The van der Waals surface area contributed by atoms with Crippen LogP contribution in [-0.4, -0.2) is 31.5 Å². The van der Waals surface area contributed by atoms with Gasteiger partial charge >= 0.3 is 0 Å². The molecule has 7 heteroatoms. The number of hydrogen-bond acceptors (Lipinski definition) is 4. The Morgan fingerprint density at radius 3 is 2.74 bits per heavy atom. The number of ether oxygens (including phenoxy) is 1. The Morgan fingerprint density at radius 1 is 1.35 bits per heavy atom. The summed E-state index contributed by atoms with van der Waals surface area (Å²) in [5.74, 6) is -0.813. The van der Waals surface area contributed by atoms with E-state index in [-0.39, 0.29) is 30.7 Å². The largest absolute Gasteiger partial charge is 0.489 e. The summed E-state index contributed by atoms with van der Waals surface area (Å²) in [6.07, 6.45) is 1.91. The van der Waals surface area contributed by atoms with E-state index < -0.39 is 11.7 Å². The van der Waals surface area contributed by atoms with Crippen LogP contribution in [0.3, 0.4) is 0 Å².